The summed E-state index contributed by atoms with van der Waals surface area (Å²) in [5.41, 5.74) is 7.99. The standard InChI is InChI=1S/C18H20N2O3/c1-13-4-2-3-5-14(13)10-11-20-17(21)12-23-16-8-6-15(7-9-16)18(19)22/h2-9H,10-12H2,1H3,(H2,19,22)(H,20,21). The molecule has 0 aliphatic rings. The number of carbonyl (C=O) groups is 2. The van der Waals surface area contributed by atoms with E-state index in [0.29, 0.717) is 17.9 Å². The minimum absolute atomic E-state index is 0.0658. The third-order valence-electron chi connectivity index (χ3n) is 3.49. The van der Waals surface area contributed by atoms with Gasteiger partial charge in [-0.1, -0.05) is 24.3 Å². The van der Waals surface area contributed by atoms with E-state index in [2.05, 4.69) is 24.4 Å². The molecule has 0 fully saturated rings. The lowest BCUT2D eigenvalue weighted by molar-refractivity contribution is -0.123. The lowest BCUT2D eigenvalue weighted by Crippen LogP contribution is -2.30. The van der Waals surface area contributed by atoms with Crippen LogP contribution in [-0.2, 0) is 11.2 Å². The molecule has 0 aliphatic heterocycles. The van der Waals surface area contributed by atoms with Gasteiger partial charge in [0.05, 0.1) is 0 Å². The number of hydrogen-bond acceptors (Lipinski definition) is 3. The third-order valence-corrected chi connectivity index (χ3v) is 3.49. The Balaban J connectivity index is 1.73. The molecule has 0 saturated heterocycles. The van der Waals surface area contributed by atoms with Crippen LogP contribution in [0.3, 0.4) is 0 Å². The second-order valence-corrected chi connectivity index (χ2v) is 5.20. The molecule has 0 radical (unpaired) electrons. The topological polar surface area (TPSA) is 81.4 Å². The molecule has 0 spiro atoms. The van der Waals surface area contributed by atoms with Crippen molar-refractivity contribution in [1.82, 2.24) is 5.32 Å². The van der Waals surface area contributed by atoms with Crippen LogP contribution in [0.4, 0.5) is 0 Å². The number of amides is 2. The normalized spacial score (nSPS) is 10.1. The molecule has 2 amide bonds. The van der Waals surface area contributed by atoms with Crippen molar-refractivity contribution in [3.8, 4) is 5.75 Å². The van der Waals surface area contributed by atoms with Gasteiger partial charge in [0.15, 0.2) is 6.61 Å². The molecule has 2 aromatic rings. The molecular weight excluding hydrogens is 292 g/mol. The molecule has 5 heteroatoms. The highest BCUT2D eigenvalue weighted by Gasteiger charge is 2.04. The van der Waals surface area contributed by atoms with Crippen LogP contribution < -0.4 is 15.8 Å². The zero-order valence-corrected chi connectivity index (χ0v) is 13.0. The molecule has 23 heavy (non-hydrogen) atoms. The smallest absolute Gasteiger partial charge is 0.257 e. The molecule has 0 heterocycles. The van der Waals surface area contributed by atoms with Crippen LogP contribution in [0.25, 0.3) is 0 Å². The number of carbonyl (C=O) groups excluding carboxylic acids is 2. The average molecular weight is 312 g/mol. The van der Waals surface area contributed by atoms with E-state index in [9.17, 15) is 9.59 Å². The first kappa shape index (κ1) is 16.5. The maximum atomic E-state index is 11.8. The molecule has 0 unspecified atom stereocenters. The van der Waals surface area contributed by atoms with Gasteiger partial charge < -0.3 is 15.8 Å². The fourth-order valence-corrected chi connectivity index (χ4v) is 2.14. The molecule has 0 bridgehead atoms. The fourth-order valence-electron chi connectivity index (χ4n) is 2.14. The van der Waals surface area contributed by atoms with Gasteiger partial charge in [-0.3, -0.25) is 9.59 Å². The lowest BCUT2D eigenvalue weighted by atomic mass is 10.1. The number of primary amides is 1. The summed E-state index contributed by atoms with van der Waals surface area (Å²) < 4.78 is 5.36. The number of aryl methyl sites for hydroxylation is 1. The number of benzene rings is 2. The molecule has 0 saturated carbocycles. The number of rotatable bonds is 7. The molecule has 2 rings (SSSR count). The van der Waals surface area contributed by atoms with Gasteiger partial charge in [-0.05, 0) is 48.7 Å². The highest BCUT2D eigenvalue weighted by molar-refractivity contribution is 5.92. The Morgan fingerprint density at radius 3 is 2.43 bits per heavy atom. The van der Waals surface area contributed by atoms with Crippen LogP contribution in [0.1, 0.15) is 21.5 Å². The minimum Gasteiger partial charge on any atom is -0.484 e. The molecule has 5 nitrogen and oxygen atoms in total. The van der Waals surface area contributed by atoms with Crippen molar-refractivity contribution in [3.63, 3.8) is 0 Å². The van der Waals surface area contributed by atoms with Gasteiger partial charge in [0.2, 0.25) is 5.91 Å². The summed E-state index contributed by atoms with van der Waals surface area (Å²) >= 11 is 0. The average Bonchev–Trinajstić information content (AvgIpc) is 2.55. The SMILES string of the molecule is Cc1ccccc1CCNC(=O)COc1ccc(C(N)=O)cc1. The number of nitrogens with two attached hydrogens (primary N) is 1. The second kappa shape index (κ2) is 7.98. The molecule has 0 aromatic heterocycles. The summed E-state index contributed by atoms with van der Waals surface area (Å²) in [6, 6.07) is 14.4. The Labute approximate surface area is 135 Å². The summed E-state index contributed by atoms with van der Waals surface area (Å²) in [6.07, 6.45) is 0.783. The van der Waals surface area contributed by atoms with Crippen LogP contribution in [0.15, 0.2) is 48.5 Å². The van der Waals surface area contributed by atoms with Gasteiger partial charge in [-0.15, -0.1) is 0 Å². The van der Waals surface area contributed by atoms with E-state index in [1.54, 1.807) is 24.3 Å². The van der Waals surface area contributed by atoms with E-state index in [4.69, 9.17) is 10.5 Å². The monoisotopic (exact) mass is 312 g/mol. The number of ether oxygens (including phenoxy) is 1. The van der Waals surface area contributed by atoms with Crippen LogP contribution in [0, 0.1) is 6.92 Å². The molecule has 0 aliphatic carbocycles. The maximum Gasteiger partial charge on any atom is 0.257 e. The summed E-state index contributed by atoms with van der Waals surface area (Å²) in [7, 11) is 0. The highest BCUT2D eigenvalue weighted by Crippen LogP contribution is 2.11. The molecular formula is C18H20N2O3. The van der Waals surface area contributed by atoms with Crippen molar-refractivity contribution in [1.29, 1.82) is 0 Å². The maximum absolute atomic E-state index is 11.8. The van der Waals surface area contributed by atoms with E-state index >= 15 is 0 Å². The molecule has 120 valence electrons. The summed E-state index contributed by atoms with van der Waals surface area (Å²) in [5, 5.41) is 2.82. The van der Waals surface area contributed by atoms with Crippen LogP contribution in [-0.4, -0.2) is 25.0 Å². The van der Waals surface area contributed by atoms with E-state index in [0.717, 1.165) is 6.42 Å². The Kier molecular flexibility index (Phi) is 5.74. The van der Waals surface area contributed by atoms with Crippen molar-refractivity contribution in [3.05, 3.63) is 65.2 Å². The summed E-state index contributed by atoms with van der Waals surface area (Å²) in [6.45, 7) is 2.55. The minimum atomic E-state index is -0.495. The van der Waals surface area contributed by atoms with Crippen molar-refractivity contribution >= 4 is 11.8 Å². The van der Waals surface area contributed by atoms with Gasteiger partial charge >= 0.3 is 0 Å². The van der Waals surface area contributed by atoms with Crippen molar-refractivity contribution < 1.29 is 14.3 Å². The van der Waals surface area contributed by atoms with Crippen molar-refractivity contribution in [2.45, 2.75) is 13.3 Å². The zero-order valence-electron chi connectivity index (χ0n) is 13.0. The second-order valence-electron chi connectivity index (χ2n) is 5.20. The van der Waals surface area contributed by atoms with Crippen molar-refractivity contribution in [2.24, 2.45) is 5.73 Å². The van der Waals surface area contributed by atoms with Gasteiger partial charge in [-0.2, -0.15) is 0 Å². The van der Waals surface area contributed by atoms with E-state index < -0.39 is 5.91 Å². The van der Waals surface area contributed by atoms with Gasteiger partial charge in [-0.25, -0.2) is 0 Å². The summed E-state index contributed by atoms with van der Waals surface area (Å²) in [4.78, 5) is 22.7. The van der Waals surface area contributed by atoms with Crippen LogP contribution in [0.2, 0.25) is 0 Å². The quantitative estimate of drug-likeness (QED) is 0.818. The molecule has 0 atom stereocenters. The Morgan fingerprint density at radius 1 is 1.09 bits per heavy atom. The van der Waals surface area contributed by atoms with Gasteiger partial charge in [0.1, 0.15) is 5.75 Å². The first-order chi connectivity index (χ1) is 11.1. The Hall–Kier alpha value is -2.82. The van der Waals surface area contributed by atoms with E-state index in [1.807, 2.05) is 12.1 Å². The van der Waals surface area contributed by atoms with Crippen LogP contribution in [0.5, 0.6) is 5.75 Å². The predicted molar refractivity (Wildman–Crippen MR) is 88.3 cm³/mol. The Morgan fingerprint density at radius 2 is 1.78 bits per heavy atom. The van der Waals surface area contributed by atoms with Gasteiger partial charge in [0.25, 0.3) is 5.91 Å². The lowest BCUT2D eigenvalue weighted by Gasteiger charge is -2.09. The zero-order chi connectivity index (χ0) is 16.7. The highest BCUT2D eigenvalue weighted by atomic mass is 16.5. The van der Waals surface area contributed by atoms with E-state index in [1.165, 1.54) is 11.1 Å². The predicted octanol–water partition coefficient (Wildman–Crippen LogP) is 1.83. The van der Waals surface area contributed by atoms with Crippen LogP contribution >= 0.6 is 0 Å². The Bertz CT molecular complexity index is 681. The van der Waals surface area contributed by atoms with Gasteiger partial charge in [0, 0.05) is 12.1 Å². The first-order valence-corrected chi connectivity index (χ1v) is 7.40. The summed E-state index contributed by atoms with van der Waals surface area (Å²) in [5.74, 6) is -0.160. The number of nitrogens with one attached hydrogen (secondary N) is 1. The third kappa shape index (κ3) is 5.14. The fraction of sp³-hybridized carbons (Fsp3) is 0.222. The van der Waals surface area contributed by atoms with E-state index in [-0.39, 0.29) is 12.5 Å². The molecule has 3 N–H and O–H groups in total. The van der Waals surface area contributed by atoms with Crippen molar-refractivity contribution in [2.75, 3.05) is 13.2 Å². The molecule has 2 aromatic carbocycles. The number of hydrogen-bond donors (Lipinski definition) is 2. The first-order valence-electron chi connectivity index (χ1n) is 7.40. The largest absolute Gasteiger partial charge is 0.484 e.